The highest BCUT2D eigenvalue weighted by molar-refractivity contribution is 4.46. The smallest absolute Gasteiger partial charge is 0.261 e. The Morgan fingerprint density at radius 1 is 1.45 bits per heavy atom. The lowest BCUT2D eigenvalue weighted by Gasteiger charge is -2.04. The third kappa shape index (κ3) is 9.78. The molecule has 0 heterocycles. The molecule has 2 nitrogen and oxygen atoms in total. The van der Waals surface area contributed by atoms with Gasteiger partial charge in [-0.15, -0.1) is 0 Å². The Morgan fingerprint density at radius 3 is 2.55 bits per heavy atom. The Bertz CT molecular complexity index is 76.5. The molecule has 1 N–H and O–H groups in total. The molecule has 0 aromatic heterocycles. The molecule has 0 saturated heterocycles. The lowest BCUT2D eigenvalue weighted by Crippen LogP contribution is -2.07. The van der Waals surface area contributed by atoms with Crippen molar-refractivity contribution in [3.63, 3.8) is 0 Å². The molecule has 0 rings (SSSR count). The van der Waals surface area contributed by atoms with Gasteiger partial charge in [0.25, 0.3) is 6.43 Å². The SMILES string of the molecule is CC(O)CCCOCC(F)F. The average molecular weight is 168 g/mol. The summed E-state index contributed by atoms with van der Waals surface area (Å²) in [5.41, 5.74) is 0. The summed E-state index contributed by atoms with van der Waals surface area (Å²) in [7, 11) is 0. The van der Waals surface area contributed by atoms with Crippen molar-refractivity contribution < 1.29 is 18.6 Å². The van der Waals surface area contributed by atoms with Crippen LogP contribution in [0.3, 0.4) is 0 Å². The zero-order valence-corrected chi connectivity index (χ0v) is 6.59. The molecule has 0 aliphatic rings. The highest BCUT2D eigenvalue weighted by atomic mass is 19.3. The van der Waals surface area contributed by atoms with Crippen molar-refractivity contribution in [1.82, 2.24) is 0 Å². The quantitative estimate of drug-likeness (QED) is 0.608. The number of hydrogen-bond acceptors (Lipinski definition) is 2. The average Bonchev–Trinajstić information content (AvgIpc) is 1.85. The zero-order chi connectivity index (χ0) is 8.69. The zero-order valence-electron chi connectivity index (χ0n) is 6.59. The standard InChI is InChI=1S/C7H14F2O2/c1-6(10)3-2-4-11-5-7(8)9/h6-7,10H,2-5H2,1H3. The van der Waals surface area contributed by atoms with Crippen LogP contribution in [0.5, 0.6) is 0 Å². The van der Waals surface area contributed by atoms with E-state index in [0.717, 1.165) is 0 Å². The summed E-state index contributed by atoms with van der Waals surface area (Å²) in [6.45, 7) is 1.46. The van der Waals surface area contributed by atoms with Crippen molar-refractivity contribution in [3.05, 3.63) is 0 Å². The molecular weight excluding hydrogens is 154 g/mol. The van der Waals surface area contributed by atoms with Gasteiger partial charge < -0.3 is 9.84 Å². The van der Waals surface area contributed by atoms with E-state index in [4.69, 9.17) is 5.11 Å². The largest absolute Gasteiger partial charge is 0.393 e. The van der Waals surface area contributed by atoms with Crippen molar-refractivity contribution in [1.29, 1.82) is 0 Å². The van der Waals surface area contributed by atoms with Gasteiger partial charge in [0.2, 0.25) is 0 Å². The maximum atomic E-state index is 11.4. The summed E-state index contributed by atoms with van der Waals surface area (Å²) >= 11 is 0. The molecule has 0 bridgehead atoms. The van der Waals surface area contributed by atoms with Crippen LogP contribution in [0.1, 0.15) is 19.8 Å². The van der Waals surface area contributed by atoms with Gasteiger partial charge in [-0.25, -0.2) is 8.78 Å². The van der Waals surface area contributed by atoms with Crippen LogP contribution >= 0.6 is 0 Å². The molecule has 0 saturated carbocycles. The van der Waals surface area contributed by atoms with Gasteiger partial charge in [-0.2, -0.15) is 0 Å². The number of aliphatic hydroxyl groups excluding tert-OH is 1. The topological polar surface area (TPSA) is 29.5 Å². The normalized spacial score (nSPS) is 13.9. The van der Waals surface area contributed by atoms with Crippen LogP contribution in [0.2, 0.25) is 0 Å². The van der Waals surface area contributed by atoms with Crippen LogP contribution in [-0.4, -0.2) is 30.8 Å². The molecule has 68 valence electrons. The third-order valence-corrected chi connectivity index (χ3v) is 1.15. The van der Waals surface area contributed by atoms with Crippen LogP contribution < -0.4 is 0 Å². The Kier molecular flexibility index (Phi) is 6.36. The number of ether oxygens (including phenoxy) is 1. The first-order valence-corrected chi connectivity index (χ1v) is 3.67. The molecule has 0 amide bonds. The summed E-state index contributed by atoms with van der Waals surface area (Å²) in [6.07, 6.45) is -1.53. The molecule has 1 atom stereocenters. The lowest BCUT2D eigenvalue weighted by molar-refractivity contribution is 0.0137. The first kappa shape index (κ1) is 10.8. The van der Waals surface area contributed by atoms with E-state index in [1.165, 1.54) is 0 Å². The second kappa shape index (κ2) is 6.49. The predicted octanol–water partition coefficient (Wildman–Crippen LogP) is 1.43. The minimum absolute atomic E-state index is 0.301. The molecule has 11 heavy (non-hydrogen) atoms. The molecule has 0 aromatic rings. The van der Waals surface area contributed by atoms with Crippen molar-refractivity contribution in [3.8, 4) is 0 Å². The minimum atomic E-state index is -2.39. The number of rotatable bonds is 6. The highest BCUT2D eigenvalue weighted by Gasteiger charge is 2.01. The molecule has 0 fully saturated rings. The van der Waals surface area contributed by atoms with Crippen molar-refractivity contribution >= 4 is 0 Å². The maximum Gasteiger partial charge on any atom is 0.261 e. The van der Waals surface area contributed by atoms with Gasteiger partial charge >= 0.3 is 0 Å². The number of alkyl halides is 2. The number of halogens is 2. The lowest BCUT2D eigenvalue weighted by atomic mass is 10.2. The van der Waals surface area contributed by atoms with Crippen LogP contribution in [0.15, 0.2) is 0 Å². The van der Waals surface area contributed by atoms with Gasteiger partial charge in [-0.05, 0) is 19.8 Å². The van der Waals surface area contributed by atoms with Crippen molar-refractivity contribution in [2.24, 2.45) is 0 Å². The summed E-state index contributed by atoms with van der Waals surface area (Å²) in [6, 6.07) is 0. The predicted molar refractivity (Wildman–Crippen MR) is 37.7 cm³/mol. The van der Waals surface area contributed by atoms with E-state index in [0.29, 0.717) is 19.4 Å². The monoisotopic (exact) mass is 168 g/mol. The molecular formula is C7H14F2O2. The Hall–Kier alpha value is -0.220. The van der Waals surface area contributed by atoms with Gasteiger partial charge in [-0.3, -0.25) is 0 Å². The Labute approximate surface area is 65.2 Å². The fraction of sp³-hybridized carbons (Fsp3) is 1.00. The summed E-state index contributed by atoms with van der Waals surface area (Å²) in [5.74, 6) is 0. The third-order valence-electron chi connectivity index (χ3n) is 1.15. The van der Waals surface area contributed by atoms with E-state index in [1.807, 2.05) is 0 Å². The van der Waals surface area contributed by atoms with Crippen LogP contribution in [-0.2, 0) is 4.74 Å². The molecule has 0 radical (unpaired) electrons. The van der Waals surface area contributed by atoms with Crippen LogP contribution in [0.4, 0.5) is 8.78 Å². The molecule has 1 unspecified atom stereocenters. The molecule has 0 spiro atoms. The van der Waals surface area contributed by atoms with Crippen LogP contribution in [0.25, 0.3) is 0 Å². The second-order valence-corrected chi connectivity index (χ2v) is 2.46. The summed E-state index contributed by atoms with van der Waals surface area (Å²) < 4.78 is 27.5. The van der Waals surface area contributed by atoms with Gasteiger partial charge in [0, 0.05) is 6.61 Å². The van der Waals surface area contributed by atoms with Gasteiger partial charge in [0.05, 0.1) is 6.10 Å². The van der Waals surface area contributed by atoms with E-state index in [-0.39, 0.29) is 6.10 Å². The Morgan fingerprint density at radius 2 is 2.09 bits per heavy atom. The van der Waals surface area contributed by atoms with Crippen LogP contribution in [0, 0.1) is 0 Å². The van der Waals surface area contributed by atoms with Gasteiger partial charge in [0.1, 0.15) is 6.61 Å². The van der Waals surface area contributed by atoms with Crippen molar-refractivity contribution in [2.45, 2.75) is 32.3 Å². The first-order valence-electron chi connectivity index (χ1n) is 3.67. The first-order chi connectivity index (χ1) is 5.13. The highest BCUT2D eigenvalue weighted by Crippen LogP contribution is 1.98. The molecule has 0 aliphatic heterocycles. The second-order valence-electron chi connectivity index (χ2n) is 2.46. The van der Waals surface area contributed by atoms with E-state index < -0.39 is 13.0 Å². The summed E-state index contributed by atoms with van der Waals surface area (Å²) in [4.78, 5) is 0. The fourth-order valence-electron chi connectivity index (χ4n) is 0.653. The Balaban J connectivity index is 2.91. The number of hydrogen-bond donors (Lipinski definition) is 1. The molecule has 4 heteroatoms. The minimum Gasteiger partial charge on any atom is -0.393 e. The van der Waals surface area contributed by atoms with E-state index in [1.54, 1.807) is 6.92 Å². The van der Waals surface area contributed by atoms with Gasteiger partial charge in [-0.1, -0.05) is 0 Å². The number of aliphatic hydroxyl groups is 1. The summed E-state index contributed by atoms with van der Waals surface area (Å²) in [5, 5.41) is 8.76. The van der Waals surface area contributed by atoms with Crippen molar-refractivity contribution in [2.75, 3.05) is 13.2 Å². The van der Waals surface area contributed by atoms with Gasteiger partial charge in [0.15, 0.2) is 0 Å². The molecule has 0 aliphatic carbocycles. The van der Waals surface area contributed by atoms with E-state index in [9.17, 15) is 8.78 Å². The molecule has 0 aromatic carbocycles. The van der Waals surface area contributed by atoms with E-state index >= 15 is 0 Å². The fourth-order valence-corrected chi connectivity index (χ4v) is 0.653. The maximum absolute atomic E-state index is 11.4. The van der Waals surface area contributed by atoms with E-state index in [2.05, 4.69) is 4.74 Å².